The van der Waals surface area contributed by atoms with Crippen LogP contribution in [0.25, 0.3) is 0 Å². The highest BCUT2D eigenvalue weighted by atomic mass is 32.2. The quantitative estimate of drug-likeness (QED) is 0.722. The van der Waals surface area contributed by atoms with Crippen LogP contribution in [0.4, 0.5) is 0 Å². The van der Waals surface area contributed by atoms with E-state index in [0.29, 0.717) is 15.8 Å². The van der Waals surface area contributed by atoms with E-state index in [0.717, 1.165) is 5.92 Å². The van der Waals surface area contributed by atoms with Crippen molar-refractivity contribution in [2.24, 2.45) is 11.3 Å². The molecule has 0 aliphatic heterocycles. The van der Waals surface area contributed by atoms with Gasteiger partial charge in [-0.05, 0) is 87.2 Å². The van der Waals surface area contributed by atoms with Gasteiger partial charge in [-0.15, -0.1) is 0 Å². The van der Waals surface area contributed by atoms with Gasteiger partial charge in [0, 0.05) is 12.2 Å². The molecular formula is C19H28O2S. The van der Waals surface area contributed by atoms with Crippen molar-refractivity contribution in [3.63, 3.8) is 0 Å². The number of carbonyl (C=O) groups is 1. The molecule has 3 rings (SSSR count). The van der Waals surface area contributed by atoms with Gasteiger partial charge in [0.2, 0.25) is 0 Å². The summed E-state index contributed by atoms with van der Waals surface area (Å²) in [6.07, 6.45) is 17.0. The number of hydrogen-bond acceptors (Lipinski definition) is 3. The normalized spacial score (nSPS) is 32.2. The van der Waals surface area contributed by atoms with Crippen LogP contribution in [-0.2, 0) is 11.2 Å². The molecule has 2 saturated carbocycles. The standard InChI is InChI=1S/C19H28O2S/c1-15(20)22-18-6-11-19(12-7-18)9-4-16(5-10-19)2-3-17-8-13-21-14-17/h8,13-14,16,18H,2-7,9-12H2,1H3. The Morgan fingerprint density at radius 1 is 1.23 bits per heavy atom. The third kappa shape index (κ3) is 4.18. The molecule has 2 nitrogen and oxygen atoms in total. The molecule has 1 aromatic heterocycles. The van der Waals surface area contributed by atoms with Gasteiger partial charge in [-0.2, -0.15) is 0 Å². The Morgan fingerprint density at radius 2 is 1.91 bits per heavy atom. The van der Waals surface area contributed by atoms with Crippen LogP contribution in [0.3, 0.4) is 0 Å². The van der Waals surface area contributed by atoms with Crippen LogP contribution in [-0.4, -0.2) is 10.4 Å². The molecule has 1 spiro atoms. The van der Waals surface area contributed by atoms with E-state index >= 15 is 0 Å². The zero-order chi connectivity index (χ0) is 15.4. The lowest BCUT2D eigenvalue weighted by Crippen LogP contribution is -2.33. The predicted octanol–water partition coefficient (Wildman–Crippen LogP) is 5.61. The molecule has 0 amide bonds. The third-order valence-corrected chi connectivity index (χ3v) is 7.05. The average Bonchev–Trinajstić information content (AvgIpc) is 3.02. The number of carbonyl (C=O) groups excluding carboxylic acids is 1. The lowest BCUT2D eigenvalue weighted by atomic mass is 9.63. The van der Waals surface area contributed by atoms with Gasteiger partial charge in [0.15, 0.2) is 5.12 Å². The fraction of sp³-hybridized carbons (Fsp3) is 0.737. The molecule has 0 radical (unpaired) electrons. The van der Waals surface area contributed by atoms with E-state index in [9.17, 15) is 4.79 Å². The van der Waals surface area contributed by atoms with Crippen molar-refractivity contribution in [2.45, 2.75) is 76.4 Å². The fourth-order valence-electron chi connectivity index (χ4n) is 4.44. The molecule has 2 aliphatic rings. The summed E-state index contributed by atoms with van der Waals surface area (Å²) in [5, 5.41) is 0.894. The van der Waals surface area contributed by atoms with Crippen LogP contribution in [0.2, 0.25) is 0 Å². The van der Waals surface area contributed by atoms with Gasteiger partial charge in [-0.1, -0.05) is 11.8 Å². The Hall–Kier alpha value is -0.700. The summed E-state index contributed by atoms with van der Waals surface area (Å²) in [5.74, 6) is 0.907. The SMILES string of the molecule is CC(=O)SC1CCC2(CCC(CCc3ccoc3)CC2)CC1. The molecule has 1 heterocycles. The Morgan fingerprint density at radius 3 is 2.50 bits per heavy atom. The largest absolute Gasteiger partial charge is 0.472 e. The van der Waals surface area contributed by atoms with Crippen molar-refractivity contribution in [1.82, 2.24) is 0 Å². The van der Waals surface area contributed by atoms with E-state index in [2.05, 4.69) is 6.07 Å². The van der Waals surface area contributed by atoms with Crippen molar-refractivity contribution in [1.29, 1.82) is 0 Å². The highest BCUT2D eigenvalue weighted by molar-refractivity contribution is 8.14. The van der Waals surface area contributed by atoms with Crippen LogP contribution in [0.15, 0.2) is 23.0 Å². The van der Waals surface area contributed by atoms with E-state index in [-0.39, 0.29) is 0 Å². The minimum absolute atomic E-state index is 0.295. The maximum Gasteiger partial charge on any atom is 0.186 e. The minimum Gasteiger partial charge on any atom is -0.472 e. The first-order valence-corrected chi connectivity index (χ1v) is 9.71. The number of rotatable bonds is 4. The number of hydrogen-bond donors (Lipinski definition) is 0. The zero-order valence-electron chi connectivity index (χ0n) is 13.7. The van der Waals surface area contributed by atoms with Crippen LogP contribution in [0, 0.1) is 11.3 Å². The molecule has 1 aromatic rings. The lowest BCUT2D eigenvalue weighted by Gasteiger charge is -2.44. The van der Waals surface area contributed by atoms with E-state index < -0.39 is 0 Å². The molecule has 0 aromatic carbocycles. The van der Waals surface area contributed by atoms with E-state index in [4.69, 9.17) is 4.42 Å². The third-order valence-electron chi connectivity index (χ3n) is 5.91. The number of furan rings is 1. The molecule has 122 valence electrons. The smallest absolute Gasteiger partial charge is 0.186 e. The second-order valence-electron chi connectivity index (χ2n) is 7.42. The molecule has 0 unspecified atom stereocenters. The first kappa shape index (κ1) is 16.2. The van der Waals surface area contributed by atoms with E-state index in [1.165, 1.54) is 69.8 Å². The van der Waals surface area contributed by atoms with E-state index in [1.807, 2.05) is 6.26 Å². The van der Waals surface area contributed by atoms with Gasteiger partial charge >= 0.3 is 0 Å². The Kier molecular flexibility index (Phi) is 5.33. The summed E-state index contributed by atoms with van der Waals surface area (Å²) in [5.41, 5.74) is 1.97. The molecule has 0 atom stereocenters. The average molecular weight is 320 g/mol. The van der Waals surface area contributed by atoms with E-state index in [1.54, 1.807) is 24.9 Å². The predicted molar refractivity (Wildman–Crippen MR) is 91.9 cm³/mol. The van der Waals surface area contributed by atoms with Crippen LogP contribution < -0.4 is 0 Å². The van der Waals surface area contributed by atoms with Crippen molar-refractivity contribution in [2.75, 3.05) is 0 Å². The summed E-state index contributed by atoms with van der Waals surface area (Å²) >= 11 is 1.58. The molecular weight excluding hydrogens is 292 g/mol. The van der Waals surface area contributed by atoms with Crippen molar-refractivity contribution in [3.05, 3.63) is 24.2 Å². The Labute approximate surface area is 138 Å². The van der Waals surface area contributed by atoms with Gasteiger partial charge < -0.3 is 4.42 Å². The summed E-state index contributed by atoms with van der Waals surface area (Å²) in [7, 11) is 0. The monoisotopic (exact) mass is 320 g/mol. The molecule has 0 saturated heterocycles. The number of aryl methyl sites for hydroxylation is 1. The first-order valence-electron chi connectivity index (χ1n) is 8.84. The topological polar surface area (TPSA) is 30.2 Å². The van der Waals surface area contributed by atoms with Crippen molar-refractivity contribution < 1.29 is 9.21 Å². The first-order chi connectivity index (χ1) is 10.7. The van der Waals surface area contributed by atoms with Gasteiger partial charge in [0.05, 0.1) is 12.5 Å². The summed E-state index contributed by atoms with van der Waals surface area (Å²) < 4.78 is 5.16. The van der Waals surface area contributed by atoms with Crippen molar-refractivity contribution >= 4 is 16.9 Å². The highest BCUT2D eigenvalue weighted by Gasteiger charge is 2.38. The van der Waals surface area contributed by atoms with Crippen LogP contribution >= 0.6 is 11.8 Å². The maximum atomic E-state index is 11.2. The zero-order valence-corrected chi connectivity index (χ0v) is 14.5. The molecule has 3 heteroatoms. The van der Waals surface area contributed by atoms with Crippen LogP contribution in [0.1, 0.15) is 70.3 Å². The molecule has 22 heavy (non-hydrogen) atoms. The molecule has 2 aliphatic carbocycles. The van der Waals surface area contributed by atoms with Crippen LogP contribution in [0.5, 0.6) is 0 Å². The van der Waals surface area contributed by atoms with Gasteiger partial charge in [0.25, 0.3) is 0 Å². The molecule has 2 fully saturated rings. The minimum atomic E-state index is 0.295. The maximum absolute atomic E-state index is 11.2. The fourth-order valence-corrected chi connectivity index (χ4v) is 5.38. The highest BCUT2D eigenvalue weighted by Crippen LogP contribution is 2.51. The Balaban J connectivity index is 1.41. The Bertz CT molecular complexity index is 462. The second-order valence-corrected chi connectivity index (χ2v) is 8.90. The summed E-state index contributed by atoms with van der Waals surface area (Å²) in [6.45, 7) is 1.71. The van der Waals surface area contributed by atoms with Gasteiger partial charge in [-0.3, -0.25) is 4.79 Å². The summed E-state index contributed by atoms with van der Waals surface area (Å²) in [4.78, 5) is 11.2. The van der Waals surface area contributed by atoms with Crippen molar-refractivity contribution in [3.8, 4) is 0 Å². The summed E-state index contributed by atoms with van der Waals surface area (Å²) in [6, 6.07) is 2.10. The molecule has 0 bridgehead atoms. The van der Waals surface area contributed by atoms with Gasteiger partial charge in [0.1, 0.15) is 0 Å². The van der Waals surface area contributed by atoms with Gasteiger partial charge in [-0.25, -0.2) is 0 Å². The lowest BCUT2D eigenvalue weighted by molar-refractivity contribution is -0.109. The molecule has 0 N–H and O–H groups in total. The second kappa shape index (κ2) is 7.25. The number of thioether (sulfide) groups is 1.